The summed E-state index contributed by atoms with van der Waals surface area (Å²) in [5.41, 5.74) is 7.85. The van der Waals surface area contributed by atoms with Crippen LogP contribution in [0.4, 0.5) is 5.69 Å². The fraction of sp³-hybridized carbons (Fsp3) is 0.500. The van der Waals surface area contributed by atoms with Crippen LogP contribution in [0.2, 0.25) is 0 Å². The molecule has 0 aromatic heterocycles. The van der Waals surface area contributed by atoms with Gasteiger partial charge in [0.2, 0.25) is 5.91 Å². The second-order valence-electron chi connectivity index (χ2n) is 4.76. The summed E-state index contributed by atoms with van der Waals surface area (Å²) in [7, 11) is 1.64. The van der Waals surface area contributed by atoms with E-state index in [0.717, 1.165) is 30.0 Å². The normalized spacial score (nSPS) is 19.8. The van der Waals surface area contributed by atoms with Crippen molar-refractivity contribution < 1.29 is 9.53 Å². The van der Waals surface area contributed by atoms with E-state index in [0.29, 0.717) is 13.1 Å². The molecule has 104 valence electrons. The maximum atomic E-state index is 12.0. The molecule has 3 N–H and O–H groups in total. The maximum Gasteiger partial charge on any atom is 0.244 e. The van der Waals surface area contributed by atoms with E-state index in [2.05, 4.69) is 5.32 Å². The molecule has 19 heavy (non-hydrogen) atoms. The summed E-state index contributed by atoms with van der Waals surface area (Å²) >= 11 is 0. The second kappa shape index (κ2) is 5.93. The van der Waals surface area contributed by atoms with Crippen molar-refractivity contribution in [2.75, 3.05) is 31.6 Å². The van der Waals surface area contributed by atoms with Crippen molar-refractivity contribution >= 4 is 11.6 Å². The number of nitrogens with zero attached hydrogens (tertiary/aromatic N) is 1. The second-order valence-corrected chi connectivity index (χ2v) is 4.76. The van der Waals surface area contributed by atoms with Gasteiger partial charge in [-0.25, -0.2) is 0 Å². The van der Waals surface area contributed by atoms with Gasteiger partial charge in [0.15, 0.2) is 0 Å². The third kappa shape index (κ3) is 2.81. The van der Waals surface area contributed by atoms with Crippen molar-refractivity contribution in [2.45, 2.75) is 19.4 Å². The minimum atomic E-state index is -0.335. The minimum absolute atomic E-state index is 0.0106. The molecule has 0 radical (unpaired) electrons. The molecule has 1 aliphatic heterocycles. The number of nitrogens with one attached hydrogen (secondary N) is 1. The molecular weight excluding hydrogens is 242 g/mol. The van der Waals surface area contributed by atoms with Crippen molar-refractivity contribution in [3.05, 3.63) is 23.8 Å². The fourth-order valence-electron chi connectivity index (χ4n) is 2.42. The van der Waals surface area contributed by atoms with Gasteiger partial charge in [0.25, 0.3) is 0 Å². The summed E-state index contributed by atoms with van der Waals surface area (Å²) in [6, 6.07) is 5.64. The number of ether oxygens (including phenoxy) is 1. The molecule has 1 fully saturated rings. The van der Waals surface area contributed by atoms with Crippen LogP contribution in [-0.2, 0) is 4.79 Å². The van der Waals surface area contributed by atoms with E-state index in [4.69, 9.17) is 10.5 Å². The molecule has 1 unspecified atom stereocenters. The van der Waals surface area contributed by atoms with Gasteiger partial charge in [0, 0.05) is 19.6 Å². The standard InChI is InChI=1S/C14H21N3O2/c1-10-4-5-13(19-2)11(8-10)17-7-3-6-16-14(18)12(17)9-15/h4-5,8,12H,3,6-7,9,15H2,1-2H3,(H,16,18). The molecule has 0 saturated carbocycles. The highest BCUT2D eigenvalue weighted by Crippen LogP contribution is 2.31. The predicted molar refractivity (Wildman–Crippen MR) is 75.5 cm³/mol. The molecular formula is C14H21N3O2. The molecule has 0 spiro atoms. The van der Waals surface area contributed by atoms with E-state index in [1.807, 2.05) is 30.0 Å². The van der Waals surface area contributed by atoms with Gasteiger partial charge in [-0.3, -0.25) is 4.79 Å². The van der Waals surface area contributed by atoms with Crippen LogP contribution < -0.4 is 20.7 Å². The number of anilines is 1. The Morgan fingerprint density at radius 3 is 3.00 bits per heavy atom. The van der Waals surface area contributed by atoms with Crippen LogP contribution >= 0.6 is 0 Å². The first-order valence-corrected chi connectivity index (χ1v) is 6.56. The van der Waals surface area contributed by atoms with E-state index >= 15 is 0 Å². The zero-order valence-electron chi connectivity index (χ0n) is 11.5. The van der Waals surface area contributed by atoms with Crippen LogP contribution in [-0.4, -0.2) is 38.7 Å². The fourth-order valence-corrected chi connectivity index (χ4v) is 2.42. The van der Waals surface area contributed by atoms with Crippen molar-refractivity contribution in [1.29, 1.82) is 0 Å². The monoisotopic (exact) mass is 263 g/mol. The van der Waals surface area contributed by atoms with Crippen LogP contribution in [0.1, 0.15) is 12.0 Å². The first kappa shape index (κ1) is 13.7. The van der Waals surface area contributed by atoms with E-state index in [1.165, 1.54) is 0 Å². The number of rotatable bonds is 3. The van der Waals surface area contributed by atoms with Gasteiger partial charge < -0.3 is 20.7 Å². The van der Waals surface area contributed by atoms with Crippen LogP contribution in [0.15, 0.2) is 18.2 Å². The Morgan fingerprint density at radius 2 is 2.32 bits per heavy atom. The van der Waals surface area contributed by atoms with Crippen molar-refractivity contribution in [3.63, 3.8) is 0 Å². The summed E-state index contributed by atoms with van der Waals surface area (Å²) in [6.07, 6.45) is 0.902. The Balaban J connectivity index is 2.41. The lowest BCUT2D eigenvalue weighted by Gasteiger charge is -2.31. The Labute approximate surface area is 113 Å². The molecule has 0 aliphatic carbocycles. The number of methoxy groups -OCH3 is 1. The summed E-state index contributed by atoms with van der Waals surface area (Å²) in [6.45, 7) is 3.81. The highest BCUT2D eigenvalue weighted by molar-refractivity contribution is 5.86. The molecule has 2 rings (SSSR count). The van der Waals surface area contributed by atoms with Crippen molar-refractivity contribution in [3.8, 4) is 5.75 Å². The number of aryl methyl sites for hydroxylation is 1. The summed E-state index contributed by atoms with van der Waals surface area (Å²) < 4.78 is 5.41. The predicted octanol–water partition coefficient (Wildman–Crippen LogP) is 0.657. The molecule has 5 heteroatoms. The van der Waals surface area contributed by atoms with Crippen LogP contribution in [0.25, 0.3) is 0 Å². The van der Waals surface area contributed by atoms with Gasteiger partial charge in [0.05, 0.1) is 12.8 Å². The third-order valence-corrected chi connectivity index (χ3v) is 3.42. The molecule has 5 nitrogen and oxygen atoms in total. The summed E-state index contributed by atoms with van der Waals surface area (Å²) in [4.78, 5) is 14.1. The average molecular weight is 263 g/mol. The molecule has 1 saturated heterocycles. The Kier molecular flexibility index (Phi) is 4.27. The number of hydrogen-bond donors (Lipinski definition) is 2. The molecule has 1 aromatic rings. The summed E-state index contributed by atoms with van der Waals surface area (Å²) in [5, 5.41) is 2.90. The molecule has 1 aromatic carbocycles. The van der Waals surface area contributed by atoms with Crippen molar-refractivity contribution in [1.82, 2.24) is 5.32 Å². The SMILES string of the molecule is COc1ccc(C)cc1N1CCCNC(=O)C1CN. The quantitative estimate of drug-likeness (QED) is 0.840. The number of carbonyl (C=O) groups excluding carboxylic acids is 1. The van der Waals surface area contributed by atoms with Gasteiger partial charge >= 0.3 is 0 Å². The van der Waals surface area contributed by atoms with E-state index in [9.17, 15) is 4.79 Å². The molecule has 0 bridgehead atoms. The Bertz CT molecular complexity index is 462. The van der Waals surface area contributed by atoms with Gasteiger partial charge in [-0.05, 0) is 31.0 Å². The number of hydrogen-bond acceptors (Lipinski definition) is 4. The van der Waals surface area contributed by atoms with Gasteiger partial charge in [-0.1, -0.05) is 6.07 Å². The first-order chi connectivity index (χ1) is 9.17. The highest BCUT2D eigenvalue weighted by Gasteiger charge is 2.28. The highest BCUT2D eigenvalue weighted by atomic mass is 16.5. The van der Waals surface area contributed by atoms with E-state index in [1.54, 1.807) is 7.11 Å². The third-order valence-electron chi connectivity index (χ3n) is 3.42. The van der Waals surface area contributed by atoms with Crippen LogP contribution in [0.3, 0.4) is 0 Å². The topological polar surface area (TPSA) is 67.6 Å². The lowest BCUT2D eigenvalue weighted by molar-refractivity contribution is -0.121. The Hall–Kier alpha value is -1.75. The first-order valence-electron chi connectivity index (χ1n) is 6.56. The summed E-state index contributed by atoms with van der Waals surface area (Å²) in [5.74, 6) is 0.766. The lowest BCUT2D eigenvalue weighted by Crippen LogP contribution is -2.49. The largest absolute Gasteiger partial charge is 0.495 e. The lowest BCUT2D eigenvalue weighted by atomic mass is 10.1. The molecule has 1 aliphatic rings. The molecule has 1 amide bonds. The van der Waals surface area contributed by atoms with Gasteiger partial charge in [-0.15, -0.1) is 0 Å². The zero-order chi connectivity index (χ0) is 13.8. The number of benzene rings is 1. The van der Waals surface area contributed by atoms with Gasteiger partial charge in [0.1, 0.15) is 11.8 Å². The van der Waals surface area contributed by atoms with E-state index < -0.39 is 0 Å². The van der Waals surface area contributed by atoms with Gasteiger partial charge in [-0.2, -0.15) is 0 Å². The number of carbonyl (C=O) groups is 1. The smallest absolute Gasteiger partial charge is 0.244 e. The average Bonchev–Trinajstić information content (AvgIpc) is 2.60. The Morgan fingerprint density at radius 1 is 1.53 bits per heavy atom. The number of amides is 1. The zero-order valence-corrected chi connectivity index (χ0v) is 11.5. The van der Waals surface area contributed by atoms with Crippen molar-refractivity contribution in [2.24, 2.45) is 5.73 Å². The van der Waals surface area contributed by atoms with Crippen LogP contribution in [0, 0.1) is 6.92 Å². The number of nitrogens with two attached hydrogens (primary N) is 1. The minimum Gasteiger partial charge on any atom is -0.495 e. The molecule has 1 heterocycles. The van der Waals surface area contributed by atoms with Crippen LogP contribution in [0.5, 0.6) is 5.75 Å². The molecule has 1 atom stereocenters. The maximum absolute atomic E-state index is 12.0. The van der Waals surface area contributed by atoms with E-state index in [-0.39, 0.29) is 11.9 Å².